The average Bonchev–Trinajstić information content (AvgIpc) is 2.56. The second-order valence-corrected chi connectivity index (χ2v) is 9.81. The summed E-state index contributed by atoms with van der Waals surface area (Å²) in [6, 6.07) is -0.692. The first-order chi connectivity index (χ1) is 7.74. The number of carbonyl (C=O) groups is 2. The maximum Gasteiger partial charge on any atom is 0.315 e. The van der Waals surface area contributed by atoms with Gasteiger partial charge in [0.1, 0.15) is 11.9 Å². The predicted octanol–water partition coefficient (Wildman–Crippen LogP) is 0.565. The molecule has 0 saturated carbocycles. The monoisotopic (exact) mass is 279 g/mol. The van der Waals surface area contributed by atoms with Gasteiger partial charge in [0.15, 0.2) is 0 Å². The Labute approximate surface area is 107 Å². The Hall–Kier alpha value is -0.593. The lowest BCUT2D eigenvalue weighted by atomic mass is 10.2. The molecule has 1 fully saturated rings. The van der Waals surface area contributed by atoms with Crippen molar-refractivity contribution in [2.45, 2.75) is 38.2 Å². The van der Waals surface area contributed by atoms with Crippen molar-refractivity contribution >= 4 is 31.8 Å². The van der Waals surface area contributed by atoms with Gasteiger partial charge in [-0.05, 0) is 19.6 Å². The Morgan fingerprint density at radius 1 is 1.47 bits per heavy atom. The molecule has 0 spiro atoms. The molecule has 7 heteroatoms. The summed E-state index contributed by atoms with van der Waals surface area (Å²) >= 11 is 5.47. The van der Waals surface area contributed by atoms with Gasteiger partial charge in [0.25, 0.3) is 0 Å². The number of aliphatic hydroxyl groups excluding tert-OH is 1. The number of carbonyl (C=O) groups excluding carboxylic acids is 2. The van der Waals surface area contributed by atoms with Crippen molar-refractivity contribution in [2.24, 2.45) is 0 Å². The molecule has 0 unspecified atom stereocenters. The van der Waals surface area contributed by atoms with E-state index in [0.717, 1.165) is 0 Å². The van der Waals surface area contributed by atoms with Crippen LogP contribution in [0.2, 0.25) is 19.6 Å². The Bertz CT molecular complexity index is 318. The van der Waals surface area contributed by atoms with E-state index in [1.54, 1.807) is 0 Å². The minimum atomic E-state index is -1.99. The fourth-order valence-corrected chi connectivity index (χ4v) is 2.65. The summed E-state index contributed by atoms with van der Waals surface area (Å²) in [5.41, 5.74) is 0. The third kappa shape index (κ3) is 3.97. The molecule has 0 aromatic rings. The number of β-amino-alcohol motifs (C(OH)–C–C–N with tert-alkyl or cyclic N) is 1. The van der Waals surface area contributed by atoms with Gasteiger partial charge in [0, 0.05) is 13.0 Å². The molecule has 1 aliphatic heterocycles. The van der Waals surface area contributed by atoms with Crippen molar-refractivity contribution in [3.63, 3.8) is 0 Å². The van der Waals surface area contributed by atoms with Gasteiger partial charge in [-0.2, -0.15) is 0 Å². The molecule has 0 aliphatic carbocycles. The first-order valence-electron chi connectivity index (χ1n) is 5.51. The van der Waals surface area contributed by atoms with Gasteiger partial charge in [-0.3, -0.25) is 9.59 Å². The number of hydrogen-bond acceptors (Lipinski definition) is 4. The number of alkyl halides is 1. The summed E-state index contributed by atoms with van der Waals surface area (Å²) in [5.74, 6) is -0.969. The third-order valence-corrected chi connectivity index (χ3v) is 3.43. The number of likely N-dealkylation sites (tertiary alicyclic amines) is 1. The molecule has 0 bridgehead atoms. The topological polar surface area (TPSA) is 66.8 Å². The summed E-state index contributed by atoms with van der Waals surface area (Å²) in [7, 11) is -1.99. The Morgan fingerprint density at radius 2 is 2.06 bits per heavy atom. The molecule has 0 aromatic heterocycles. The van der Waals surface area contributed by atoms with Crippen LogP contribution in [0.4, 0.5) is 0 Å². The summed E-state index contributed by atoms with van der Waals surface area (Å²) in [4.78, 5) is 24.7. The van der Waals surface area contributed by atoms with Crippen molar-refractivity contribution < 1.29 is 19.1 Å². The third-order valence-electron chi connectivity index (χ3n) is 2.39. The Kier molecular flexibility index (Phi) is 4.57. The van der Waals surface area contributed by atoms with Crippen molar-refractivity contribution in [1.29, 1.82) is 0 Å². The molecule has 2 atom stereocenters. The highest BCUT2D eigenvalue weighted by molar-refractivity contribution is 6.71. The molecule has 1 heterocycles. The normalized spacial score (nSPS) is 24.9. The molecule has 5 nitrogen and oxygen atoms in total. The van der Waals surface area contributed by atoms with Gasteiger partial charge >= 0.3 is 5.97 Å². The zero-order valence-corrected chi connectivity index (χ0v) is 12.0. The van der Waals surface area contributed by atoms with Crippen LogP contribution in [0.15, 0.2) is 0 Å². The van der Waals surface area contributed by atoms with Crippen LogP contribution in [0.1, 0.15) is 6.42 Å². The highest BCUT2D eigenvalue weighted by atomic mass is 35.5. The molecule has 98 valence electrons. The lowest BCUT2D eigenvalue weighted by molar-refractivity contribution is -0.145. The van der Waals surface area contributed by atoms with Gasteiger partial charge in [0.05, 0.1) is 6.10 Å². The van der Waals surface area contributed by atoms with Crippen LogP contribution < -0.4 is 0 Å². The van der Waals surface area contributed by atoms with E-state index in [1.807, 2.05) is 19.6 Å². The minimum absolute atomic E-state index is 0.150. The lowest BCUT2D eigenvalue weighted by Crippen LogP contribution is -2.45. The van der Waals surface area contributed by atoms with E-state index in [9.17, 15) is 14.7 Å². The highest BCUT2D eigenvalue weighted by Crippen LogP contribution is 2.21. The Morgan fingerprint density at radius 3 is 2.53 bits per heavy atom. The van der Waals surface area contributed by atoms with Crippen LogP contribution in [0.5, 0.6) is 0 Å². The fourth-order valence-electron chi connectivity index (χ4n) is 1.76. The Balaban J connectivity index is 2.73. The quantitative estimate of drug-likeness (QED) is 0.606. The molecule has 1 aliphatic rings. The van der Waals surface area contributed by atoms with E-state index in [-0.39, 0.29) is 24.8 Å². The van der Waals surface area contributed by atoms with E-state index in [2.05, 4.69) is 0 Å². The molecule has 17 heavy (non-hydrogen) atoms. The lowest BCUT2D eigenvalue weighted by Gasteiger charge is -2.26. The molecular formula is C10H18ClNO4Si. The van der Waals surface area contributed by atoms with E-state index in [4.69, 9.17) is 16.0 Å². The standard InChI is InChI=1S/C10H18ClNO4Si/c1-17(2,3)16-10(15)8-4-7(13)6-12(8)9(14)5-11/h7-8,13H,4-6H2,1-3H3/t7-,8+/m1/s1. The van der Waals surface area contributed by atoms with Crippen LogP contribution in [0.3, 0.4) is 0 Å². The van der Waals surface area contributed by atoms with Gasteiger partial charge in [-0.25, -0.2) is 0 Å². The molecule has 0 radical (unpaired) electrons. The van der Waals surface area contributed by atoms with Crippen LogP contribution in [-0.2, 0) is 14.0 Å². The molecule has 1 N–H and O–H groups in total. The van der Waals surface area contributed by atoms with E-state index >= 15 is 0 Å². The van der Waals surface area contributed by atoms with E-state index in [1.165, 1.54) is 4.90 Å². The zero-order chi connectivity index (χ0) is 13.2. The molecule has 1 saturated heterocycles. The van der Waals surface area contributed by atoms with Crippen molar-refractivity contribution in [1.82, 2.24) is 4.90 Å². The summed E-state index contributed by atoms with van der Waals surface area (Å²) in [6.07, 6.45) is -0.451. The smallest absolute Gasteiger partial charge is 0.315 e. The summed E-state index contributed by atoms with van der Waals surface area (Å²) in [5, 5.41) is 9.53. The van der Waals surface area contributed by atoms with E-state index in [0.29, 0.717) is 0 Å². The largest absolute Gasteiger partial charge is 0.518 e. The van der Waals surface area contributed by atoms with Gasteiger partial charge in [-0.15, -0.1) is 11.6 Å². The predicted molar refractivity (Wildman–Crippen MR) is 66.3 cm³/mol. The SMILES string of the molecule is C[Si](C)(C)OC(=O)[C@@H]1C[C@@H](O)CN1C(=O)CCl. The maximum atomic E-state index is 11.9. The molecule has 0 aromatic carbocycles. The first-order valence-corrected chi connectivity index (χ1v) is 9.45. The van der Waals surface area contributed by atoms with Gasteiger partial charge in [0.2, 0.25) is 14.2 Å². The number of amides is 1. The number of aliphatic hydroxyl groups is 1. The minimum Gasteiger partial charge on any atom is -0.518 e. The van der Waals surface area contributed by atoms with Crippen molar-refractivity contribution in [3.8, 4) is 0 Å². The summed E-state index contributed by atoms with van der Waals surface area (Å²) < 4.78 is 5.35. The number of hydrogen-bond donors (Lipinski definition) is 1. The molecule has 1 amide bonds. The van der Waals surface area contributed by atoms with Crippen molar-refractivity contribution in [2.75, 3.05) is 12.4 Å². The summed E-state index contributed by atoms with van der Waals surface area (Å²) in [6.45, 7) is 5.83. The van der Waals surface area contributed by atoms with Crippen LogP contribution in [0, 0.1) is 0 Å². The number of nitrogens with zero attached hydrogens (tertiary/aromatic N) is 1. The number of rotatable bonds is 3. The second kappa shape index (κ2) is 5.37. The van der Waals surface area contributed by atoms with Crippen LogP contribution in [-0.4, -0.2) is 54.8 Å². The molecular weight excluding hydrogens is 262 g/mol. The van der Waals surface area contributed by atoms with Crippen LogP contribution in [0.25, 0.3) is 0 Å². The molecule has 1 rings (SSSR count). The van der Waals surface area contributed by atoms with E-state index < -0.39 is 26.4 Å². The number of halogens is 1. The second-order valence-electron chi connectivity index (χ2n) is 5.12. The van der Waals surface area contributed by atoms with Gasteiger partial charge < -0.3 is 14.4 Å². The highest BCUT2D eigenvalue weighted by Gasteiger charge is 2.40. The average molecular weight is 280 g/mol. The van der Waals surface area contributed by atoms with Crippen LogP contribution >= 0.6 is 11.6 Å². The van der Waals surface area contributed by atoms with Gasteiger partial charge in [-0.1, -0.05) is 0 Å². The first kappa shape index (κ1) is 14.5. The maximum absolute atomic E-state index is 11.9. The zero-order valence-electron chi connectivity index (χ0n) is 10.3. The van der Waals surface area contributed by atoms with Crippen molar-refractivity contribution in [3.05, 3.63) is 0 Å². The fraction of sp³-hybridized carbons (Fsp3) is 0.800.